The quantitative estimate of drug-likeness (QED) is 0.427. The van der Waals surface area contributed by atoms with E-state index in [0.29, 0.717) is 0 Å². The Morgan fingerprint density at radius 3 is 2.33 bits per heavy atom. The largest absolute Gasteiger partial charge is 0.302 e. The fourth-order valence-electron chi connectivity index (χ4n) is 1.02. The van der Waals surface area contributed by atoms with Crippen LogP contribution in [-0.4, -0.2) is 13.2 Å². The molecule has 0 aliphatic heterocycles. The standard InChI is InChI=1S/C10H23NO/c1-3-5-6-7-8-10-12-11-9-4-2/h11H,3-10H2,1-2H3. The van der Waals surface area contributed by atoms with E-state index in [1.165, 1.54) is 32.1 Å². The van der Waals surface area contributed by atoms with Crippen molar-refractivity contribution in [3.63, 3.8) is 0 Å². The molecule has 0 aliphatic rings. The SMILES string of the molecule is CCCCCCCONCCC. The summed E-state index contributed by atoms with van der Waals surface area (Å²) in [6.45, 7) is 6.20. The Morgan fingerprint density at radius 2 is 1.67 bits per heavy atom. The van der Waals surface area contributed by atoms with Crippen LogP contribution in [0.2, 0.25) is 0 Å². The third-order valence-corrected chi connectivity index (χ3v) is 1.80. The van der Waals surface area contributed by atoms with Gasteiger partial charge < -0.3 is 4.84 Å². The van der Waals surface area contributed by atoms with Gasteiger partial charge in [-0.15, -0.1) is 0 Å². The van der Waals surface area contributed by atoms with Crippen molar-refractivity contribution in [2.24, 2.45) is 0 Å². The van der Waals surface area contributed by atoms with Crippen molar-refractivity contribution < 1.29 is 4.84 Å². The average molecular weight is 173 g/mol. The van der Waals surface area contributed by atoms with E-state index in [2.05, 4.69) is 19.3 Å². The molecular formula is C10H23NO. The van der Waals surface area contributed by atoms with Gasteiger partial charge >= 0.3 is 0 Å². The molecule has 0 bridgehead atoms. The molecule has 0 saturated carbocycles. The summed E-state index contributed by atoms with van der Waals surface area (Å²) in [6, 6.07) is 0. The van der Waals surface area contributed by atoms with Gasteiger partial charge in [-0.1, -0.05) is 39.5 Å². The Kier molecular flexibility index (Phi) is 10.8. The number of hydrogen-bond donors (Lipinski definition) is 1. The van der Waals surface area contributed by atoms with E-state index in [9.17, 15) is 0 Å². The van der Waals surface area contributed by atoms with Crippen molar-refractivity contribution in [1.82, 2.24) is 5.48 Å². The minimum absolute atomic E-state index is 0.865. The molecule has 0 atom stereocenters. The Morgan fingerprint density at radius 1 is 0.917 bits per heavy atom. The Labute approximate surface area is 76.6 Å². The van der Waals surface area contributed by atoms with Crippen LogP contribution in [0, 0.1) is 0 Å². The highest BCUT2D eigenvalue weighted by Crippen LogP contribution is 2.01. The van der Waals surface area contributed by atoms with E-state index in [4.69, 9.17) is 4.84 Å². The zero-order chi connectivity index (χ0) is 9.07. The Balaban J connectivity index is 2.73. The zero-order valence-electron chi connectivity index (χ0n) is 8.57. The molecule has 0 heterocycles. The van der Waals surface area contributed by atoms with Crippen molar-refractivity contribution in [2.75, 3.05) is 13.2 Å². The highest BCUT2D eigenvalue weighted by molar-refractivity contribution is 4.40. The van der Waals surface area contributed by atoms with Crippen LogP contribution in [0.3, 0.4) is 0 Å². The van der Waals surface area contributed by atoms with Gasteiger partial charge in [0.15, 0.2) is 0 Å². The lowest BCUT2D eigenvalue weighted by Gasteiger charge is -2.03. The molecule has 12 heavy (non-hydrogen) atoms. The van der Waals surface area contributed by atoms with Crippen LogP contribution in [0.5, 0.6) is 0 Å². The van der Waals surface area contributed by atoms with Crippen LogP contribution >= 0.6 is 0 Å². The third kappa shape index (κ3) is 9.92. The second-order valence-electron chi connectivity index (χ2n) is 3.16. The van der Waals surface area contributed by atoms with Gasteiger partial charge in [0, 0.05) is 6.54 Å². The van der Waals surface area contributed by atoms with Crippen LogP contribution < -0.4 is 5.48 Å². The summed E-state index contributed by atoms with van der Waals surface area (Å²) in [5.74, 6) is 0. The molecule has 0 aromatic carbocycles. The lowest BCUT2D eigenvalue weighted by atomic mass is 10.2. The number of nitrogens with one attached hydrogen (secondary N) is 1. The normalized spacial score (nSPS) is 10.5. The second kappa shape index (κ2) is 10.9. The molecular weight excluding hydrogens is 150 g/mol. The molecule has 0 unspecified atom stereocenters. The van der Waals surface area contributed by atoms with Crippen LogP contribution in [0.4, 0.5) is 0 Å². The molecule has 2 nitrogen and oxygen atoms in total. The summed E-state index contributed by atoms with van der Waals surface area (Å²) in [7, 11) is 0. The smallest absolute Gasteiger partial charge is 0.0682 e. The monoisotopic (exact) mass is 173 g/mol. The van der Waals surface area contributed by atoms with Gasteiger partial charge in [-0.25, -0.2) is 5.48 Å². The summed E-state index contributed by atoms with van der Waals surface area (Å²) >= 11 is 0. The summed E-state index contributed by atoms with van der Waals surface area (Å²) in [5.41, 5.74) is 2.93. The van der Waals surface area contributed by atoms with Gasteiger partial charge in [-0.05, 0) is 12.8 Å². The van der Waals surface area contributed by atoms with Crippen LogP contribution in [0.15, 0.2) is 0 Å². The lowest BCUT2D eigenvalue weighted by Crippen LogP contribution is -2.15. The van der Waals surface area contributed by atoms with Gasteiger partial charge in [-0.3, -0.25) is 0 Å². The van der Waals surface area contributed by atoms with Gasteiger partial charge in [0.2, 0.25) is 0 Å². The first-order chi connectivity index (χ1) is 5.91. The zero-order valence-corrected chi connectivity index (χ0v) is 8.57. The molecule has 0 radical (unpaired) electrons. The van der Waals surface area contributed by atoms with Gasteiger partial charge in [0.25, 0.3) is 0 Å². The molecule has 0 spiro atoms. The molecule has 0 aromatic heterocycles. The molecule has 2 heteroatoms. The van der Waals surface area contributed by atoms with Crippen molar-refractivity contribution >= 4 is 0 Å². The average Bonchev–Trinajstić information content (AvgIpc) is 2.10. The number of rotatable bonds is 9. The maximum absolute atomic E-state index is 5.20. The van der Waals surface area contributed by atoms with Crippen molar-refractivity contribution in [1.29, 1.82) is 0 Å². The van der Waals surface area contributed by atoms with E-state index < -0.39 is 0 Å². The van der Waals surface area contributed by atoms with Gasteiger partial charge in [0.05, 0.1) is 6.61 Å². The second-order valence-corrected chi connectivity index (χ2v) is 3.16. The summed E-state index contributed by atoms with van der Waals surface area (Å²) in [4.78, 5) is 5.20. The maximum atomic E-state index is 5.20. The number of hydroxylamine groups is 1. The number of unbranched alkanes of at least 4 members (excludes halogenated alkanes) is 4. The van der Waals surface area contributed by atoms with Gasteiger partial charge in [-0.2, -0.15) is 0 Å². The minimum Gasteiger partial charge on any atom is -0.302 e. The molecule has 0 amide bonds. The fourth-order valence-corrected chi connectivity index (χ4v) is 1.02. The highest BCUT2D eigenvalue weighted by atomic mass is 16.6. The molecule has 0 rings (SSSR count). The molecule has 74 valence electrons. The molecule has 0 saturated heterocycles. The lowest BCUT2D eigenvalue weighted by molar-refractivity contribution is 0.0387. The Hall–Kier alpha value is -0.0800. The Bertz CT molecular complexity index is 66.2. The first kappa shape index (κ1) is 11.9. The van der Waals surface area contributed by atoms with E-state index in [1.54, 1.807) is 0 Å². The first-order valence-corrected chi connectivity index (χ1v) is 5.26. The predicted molar refractivity (Wildman–Crippen MR) is 53.0 cm³/mol. The highest BCUT2D eigenvalue weighted by Gasteiger charge is 1.88. The van der Waals surface area contributed by atoms with Crippen molar-refractivity contribution in [2.45, 2.75) is 52.4 Å². The first-order valence-electron chi connectivity index (χ1n) is 5.26. The molecule has 0 fully saturated rings. The maximum Gasteiger partial charge on any atom is 0.0682 e. The summed E-state index contributed by atoms with van der Waals surface area (Å²) in [6.07, 6.45) is 7.67. The van der Waals surface area contributed by atoms with E-state index in [-0.39, 0.29) is 0 Å². The number of hydrogen-bond acceptors (Lipinski definition) is 2. The molecule has 1 N–H and O–H groups in total. The van der Waals surface area contributed by atoms with E-state index >= 15 is 0 Å². The topological polar surface area (TPSA) is 21.3 Å². The van der Waals surface area contributed by atoms with Crippen molar-refractivity contribution in [3.05, 3.63) is 0 Å². The van der Waals surface area contributed by atoms with Crippen LogP contribution in [-0.2, 0) is 4.84 Å². The molecule has 0 aromatic rings. The summed E-state index contributed by atoms with van der Waals surface area (Å²) in [5, 5.41) is 0. The summed E-state index contributed by atoms with van der Waals surface area (Å²) < 4.78 is 0. The van der Waals surface area contributed by atoms with Crippen LogP contribution in [0.25, 0.3) is 0 Å². The van der Waals surface area contributed by atoms with Gasteiger partial charge in [0.1, 0.15) is 0 Å². The molecule has 0 aliphatic carbocycles. The van der Waals surface area contributed by atoms with Crippen LogP contribution in [0.1, 0.15) is 52.4 Å². The van der Waals surface area contributed by atoms with Crippen molar-refractivity contribution in [3.8, 4) is 0 Å². The minimum atomic E-state index is 0.865. The van der Waals surface area contributed by atoms with E-state index in [1.807, 2.05) is 0 Å². The fraction of sp³-hybridized carbons (Fsp3) is 1.00. The third-order valence-electron chi connectivity index (χ3n) is 1.80. The van der Waals surface area contributed by atoms with E-state index in [0.717, 1.165) is 19.6 Å². The predicted octanol–water partition coefficient (Wildman–Crippen LogP) is 2.89.